The second kappa shape index (κ2) is 7.41. The third-order valence-corrected chi connectivity index (χ3v) is 3.47. The third-order valence-electron chi connectivity index (χ3n) is 3.47. The maximum Gasteiger partial charge on any atom is 0.247 e. The molecule has 1 N–H and O–H groups in total. The van der Waals surface area contributed by atoms with Crippen molar-refractivity contribution in [3.05, 3.63) is 66.1 Å². The summed E-state index contributed by atoms with van der Waals surface area (Å²) in [7, 11) is 1.60. The molecule has 0 aliphatic carbocycles. The summed E-state index contributed by atoms with van der Waals surface area (Å²) in [6.07, 6.45) is 0.0367. The summed E-state index contributed by atoms with van der Waals surface area (Å²) in [5.41, 5.74) is 1.73. The van der Waals surface area contributed by atoms with E-state index in [1.165, 1.54) is 0 Å². The van der Waals surface area contributed by atoms with Gasteiger partial charge in [0.2, 0.25) is 17.7 Å². The van der Waals surface area contributed by atoms with Crippen LogP contribution in [0.4, 0.5) is 0 Å². The molecule has 0 saturated heterocycles. The number of hydrogen-bond acceptors (Lipinski definition) is 5. The molecule has 6 heteroatoms. The molecule has 0 radical (unpaired) electrons. The highest BCUT2D eigenvalue weighted by Gasteiger charge is 2.12. The number of para-hydroxylation sites is 1. The lowest BCUT2D eigenvalue weighted by Gasteiger charge is -2.08. The molecule has 0 fully saturated rings. The molecule has 3 rings (SSSR count). The molecule has 1 heterocycles. The summed E-state index contributed by atoms with van der Waals surface area (Å²) in [6.45, 7) is 0.378. The van der Waals surface area contributed by atoms with Crippen LogP contribution in [0.1, 0.15) is 11.5 Å². The van der Waals surface area contributed by atoms with Crippen molar-refractivity contribution < 1.29 is 13.9 Å². The second-order valence-corrected chi connectivity index (χ2v) is 5.13. The maximum atomic E-state index is 12.1. The van der Waals surface area contributed by atoms with E-state index in [9.17, 15) is 4.79 Å². The van der Waals surface area contributed by atoms with Crippen LogP contribution in [0.25, 0.3) is 11.5 Å². The first-order valence-corrected chi connectivity index (χ1v) is 7.52. The molecule has 122 valence electrons. The molecule has 0 unspecified atom stereocenters. The van der Waals surface area contributed by atoms with Gasteiger partial charge in [-0.2, -0.15) is 0 Å². The van der Waals surface area contributed by atoms with Crippen molar-refractivity contribution in [2.24, 2.45) is 0 Å². The van der Waals surface area contributed by atoms with Crippen LogP contribution in [0.5, 0.6) is 5.75 Å². The molecule has 24 heavy (non-hydrogen) atoms. The topological polar surface area (TPSA) is 77.2 Å². The minimum atomic E-state index is -0.191. The van der Waals surface area contributed by atoms with Gasteiger partial charge < -0.3 is 14.5 Å². The van der Waals surface area contributed by atoms with Gasteiger partial charge in [0.05, 0.1) is 7.11 Å². The third kappa shape index (κ3) is 3.78. The van der Waals surface area contributed by atoms with E-state index in [4.69, 9.17) is 9.15 Å². The Labute approximate surface area is 139 Å². The Morgan fingerprint density at radius 1 is 1.08 bits per heavy atom. The Hall–Kier alpha value is -3.15. The molecule has 0 aliphatic rings. The van der Waals surface area contributed by atoms with Crippen LogP contribution in [0.3, 0.4) is 0 Å². The Morgan fingerprint density at radius 2 is 1.83 bits per heavy atom. The SMILES string of the molecule is COc1ccccc1CNC(=O)Cc1nnc(-c2ccccc2)o1. The zero-order chi connectivity index (χ0) is 16.8. The zero-order valence-electron chi connectivity index (χ0n) is 13.2. The van der Waals surface area contributed by atoms with Crippen LogP contribution < -0.4 is 10.1 Å². The first-order valence-electron chi connectivity index (χ1n) is 7.52. The van der Waals surface area contributed by atoms with E-state index in [-0.39, 0.29) is 18.2 Å². The summed E-state index contributed by atoms with van der Waals surface area (Å²) < 4.78 is 10.8. The molecule has 1 amide bonds. The molecule has 3 aromatic rings. The van der Waals surface area contributed by atoms with Gasteiger partial charge in [0.15, 0.2) is 0 Å². The summed E-state index contributed by atoms with van der Waals surface area (Å²) in [4.78, 5) is 12.1. The van der Waals surface area contributed by atoms with Gasteiger partial charge in [-0.3, -0.25) is 4.79 Å². The van der Waals surface area contributed by atoms with Crippen molar-refractivity contribution in [1.82, 2.24) is 15.5 Å². The lowest BCUT2D eigenvalue weighted by molar-refractivity contribution is -0.120. The van der Waals surface area contributed by atoms with Crippen molar-refractivity contribution >= 4 is 5.91 Å². The summed E-state index contributed by atoms with van der Waals surface area (Å²) in [5, 5.41) is 10.7. The number of carbonyl (C=O) groups is 1. The van der Waals surface area contributed by atoms with Crippen molar-refractivity contribution in [2.45, 2.75) is 13.0 Å². The Bertz CT molecular complexity index is 815. The molecular formula is C18H17N3O3. The number of aromatic nitrogens is 2. The highest BCUT2D eigenvalue weighted by atomic mass is 16.5. The summed E-state index contributed by atoms with van der Waals surface area (Å²) >= 11 is 0. The standard InChI is InChI=1S/C18H17N3O3/c1-23-15-10-6-5-9-14(15)12-19-16(22)11-17-20-21-18(24-17)13-7-3-2-4-8-13/h2-10H,11-12H2,1H3,(H,19,22). The summed E-state index contributed by atoms with van der Waals surface area (Å²) in [5.74, 6) is 1.24. The lowest BCUT2D eigenvalue weighted by atomic mass is 10.2. The van der Waals surface area contributed by atoms with Crippen LogP contribution in [0.2, 0.25) is 0 Å². The van der Waals surface area contributed by atoms with Gasteiger partial charge in [0.1, 0.15) is 12.2 Å². The van der Waals surface area contributed by atoms with Gasteiger partial charge >= 0.3 is 0 Å². The average molecular weight is 323 g/mol. The van der Waals surface area contributed by atoms with Gasteiger partial charge in [-0.25, -0.2) is 0 Å². The van der Waals surface area contributed by atoms with Crippen LogP contribution in [-0.2, 0) is 17.8 Å². The van der Waals surface area contributed by atoms with E-state index in [0.717, 1.165) is 16.9 Å². The molecular weight excluding hydrogens is 306 g/mol. The molecule has 0 saturated carbocycles. The quantitative estimate of drug-likeness (QED) is 0.754. The van der Waals surface area contributed by atoms with Gasteiger partial charge in [0.25, 0.3) is 0 Å². The van der Waals surface area contributed by atoms with Crippen LogP contribution in [-0.4, -0.2) is 23.2 Å². The van der Waals surface area contributed by atoms with Gasteiger partial charge in [-0.05, 0) is 18.2 Å². The van der Waals surface area contributed by atoms with Gasteiger partial charge in [0, 0.05) is 17.7 Å². The normalized spacial score (nSPS) is 10.4. The van der Waals surface area contributed by atoms with E-state index < -0.39 is 0 Å². The number of amides is 1. The van der Waals surface area contributed by atoms with Gasteiger partial charge in [-0.1, -0.05) is 36.4 Å². The van der Waals surface area contributed by atoms with E-state index in [0.29, 0.717) is 12.4 Å². The first kappa shape index (κ1) is 15.7. The van der Waals surface area contributed by atoms with Crippen LogP contribution in [0, 0.1) is 0 Å². The highest BCUT2D eigenvalue weighted by molar-refractivity contribution is 5.77. The predicted octanol–water partition coefficient (Wildman–Crippen LogP) is 2.60. The number of nitrogens with zero attached hydrogens (tertiary/aromatic N) is 2. The van der Waals surface area contributed by atoms with Crippen LogP contribution >= 0.6 is 0 Å². The Morgan fingerprint density at radius 3 is 2.62 bits per heavy atom. The number of carbonyl (C=O) groups excluding carboxylic acids is 1. The van der Waals surface area contributed by atoms with Crippen molar-refractivity contribution in [3.8, 4) is 17.2 Å². The fourth-order valence-electron chi connectivity index (χ4n) is 2.27. The number of ether oxygens (including phenoxy) is 1. The average Bonchev–Trinajstić information content (AvgIpc) is 3.09. The molecule has 0 atom stereocenters. The Kier molecular flexibility index (Phi) is 4.86. The van der Waals surface area contributed by atoms with Crippen molar-refractivity contribution in [1.29, 1.82) is 0 Å². The molecule has 0 aliphatic heterocycles. The largest absolute Gasteiger partial charge is 0.496 e. The zero-order valence-corrected chi connectivity index (χ0v) is 13.2. The van der Waals surface area contributed by atoms with Crippen molar-refractivity contribution in [2.75, 3.05) is 7.11 Å². The number of methoxy groups -OCH3 is 1. The number of benzene rings is 2. The van der Waals surface area contributed by atoms with Gasteiger partial charge in [-0.15, -0.1) is 10.2 Å². The summed E-state index contributed by atoms with van der Waals surface area (Å²) in [6, 6.07) is 17.0. The van der Waals surface area contributed by atoms with Crippen molar-refractivity contribution in [3.63, 3.8) is 0 Å². The molecule has 0 bridgehead atoms. The molecule has 6 nitrogen and oxygen atoms in total. The maximum absolute atomic E-state index is 12.1. The second-order valence-electron chi connectivity index (χ2n) is 5.13. The number of hydrogen-bond donors (Lipinski definition) is 1. The van der Waals surface area contributed by atoms with E-state index >= 15 is 0 Å². The minimum Gasteiger partial charge on any atom is -0.496 e. The van der Waals surface area contributed by atoms with E-state index in [2.05, 4.69) is 15.5 Å². The highest BCUT2D eigenvalue weighted by Crippen LogP contribution is 2.18. The molecule has 1 aromatic heterocycles. The lowest BCUT2D eigenvalue weighted by Crippen LogP contribution is -2.24. The smallest absolute Gasteiger partial charge is 0.247 e. The van der Waals surface area contributed by atoms with Crippen LogP contribution in [0.15, 0.2) is 59.0 Å². The number of rotatable bonds is 6. The fraction of sp³-hybridized carbons (Fsp3) is 0.167. The molecule has 0 spiro atoms. The minimum absolute atomic E-state index is 0.0367. The predicted molar refractivity (Wildman–Crippen MR) is 88.3 cm³/mol. The fourth-order valence-corrected chi connectivity index (χ4v) is 2.27. The Balaban J connectivity index is 1.58. The number of nitrogens with one attached hydrogen (secondary N) is 1. The molecule has 2 aromatic carbocycles. The monoisotopic (exact) mass is 323 g/mol. The van der Waals surface area contributed by atoms with E-state index in [1.807, 2.05) is 54.6 Å². The van der Waals surface area contributed by atoms with E-state index in [1.54, 1.807) is 7.11 Å². The first-order chi connectivity index (χ1) is 11.8.